The molecule has 0 radical (unpaired) electrons. The van der Waals surface area contributed by atoms with E-state index in [-0.39, 0.29) is 17.7 Å². The number of carbonyl (C=O) groups excluding carboxylic acids is 1. The molecule has 2 fully saturated rings. The highest BCUT2D eigenvalue weighted by atomic mass is 16.5. The van der Waals surface area contributed by atoms with Crippen LogP contribution in [-0.2, 0) is 11.2 Å². The molecule has 5 heteroatoms. The van der Waals surface area contributed by atoms with Crippen molar-refractivity contribution < 1.29 is 14.3 Å². The van der Waals surface area contributed by atoms with E-state index < -0.39 is 0 Å². The van der Waals surface area contributed by atoms with Gasteiger partial charge in [0.25, 0.3) is 0 Å². The van der Waals surface area contributed by atoms with Crippen LogP contribution in [0.4, 0.5) is 10.5 Å². The summed E-state index contributed by atoms with van der Waals surface area (Å²) < 4.78 is 11.1. The summed E-state index contributed by atoms with van der Waals surface area (Å²) >= 11 is 0. The molecule has 0 bridgehead atoms. The molecular weight excluding hydrogens is 328 g/mol. The number of ether oxygens (including phenoxy) is 2. The van der Waals surface area contributed by atoms with Crippen LogP contribution in [0, 0.1) is 0 Å². The van der Waals surface area contributed by atoms with E-state index in [0.29, 0.717) is 6.61 Å². The van der Waals surface area contributed by atoms with Gasteiger partial charge in [0.15, 0.2) is 0 Å². The summed E-state index contributed by atoms with van der Waals surface area (Å²) in [6.45, 7) is 1.40. The Kier molecular flexibility index (Phi) is 4.80. The highest BCUT2D eigenvalue weighted by Crippen LogP contribution is 2.38. The summed E-state index contributed by atoms with van der Waals surface area (Å²) in [5.41, 5.74) is 1.91. The van der Waals surface area contributed by atoms with E-state index in [2.05, 4.69) is 22.8 Å². The van der Waals surface area contributed by atoms with E-state index in [1.54, 1.807) is 0 Å². The molecule has 1 saturated carbocycles. The average molecular weight is 352 g/mol. The summed E-state index contributed by atoms with van der Waals surface area (Å²) in [6.07, 6.45) is 3.96. The van der Waals surface area contributed by atoms with Crippen molar-refractivity contribution in [2.45, 2.75) is 37.3 Å². The van der Waals surface area contributed by atoms with Gasteiger partial charge in [0.1, 0.15) is 11.9 Å². The van der Waals surface area contributed by atoms with Gasteiger partial charge in [-0.1, -0.05) is 30.3 Å². The Hall–Kier alpha value is -2.53. The first-order valence-corrected chi connectivity index (χ1v) is 9.18. The maximum atomic E-state index is 12.4. The molecule has 4 rings (SSSR count). The Bertz CT molecular complexity index is 736. The third-order valence-corrected chi connectivity index (χ3v) is 4.92. The molecule has 2 aliphatic rings. The first-order chi connectivity index (χ1) is 12.7. The normalized spacial score (nSPS) is 20.4. The Labute approximate surface area is 153 Å². The average Bonchev–Trinajstić information content (AvgIpc) is 3.18. The SMILES string of the molecule is O=C(Nc1ccc(OC2CCOC2)cc1)NC1(Cc2ccccc2)CC1. The molecule has 1 atom stereocenters. The molecule has 0 spiro atoms. The molecule has 1 aliphatic carbocycles. The van der Waals surface area contributed by atoms with Crippen LogP contribution in [-0.4, -0.2) is 30.9 Å². The van der Waals surface area contributed by atoms with Gasteiger partial charge in [-0.05, 0) is 49.1 Å². The number of nitrogens with one attached hydrogen (secondary N) is 2. The fourth-order valence-electron chi connectivity index (χ4n) is 3.30. The van der Waals surface area contributed by atoms with Crippen molar-refractivity contribution in [3.8, 4) is 5.75 Å². The number of hydrogen-bond acceptors (Lipinski definition) is 3. The molecule has 26 heavy (non-hydrogen) atoms. The zero-order valence-corrected chi connectivity index (χ0v) is 14.7. The molecule has 2 aromatic rings. The van der Waals surface area contributed by atoms with Crippen LogP contribution < -0.4 is 15.4 Å². The molecule has 136 valence electrons. The second-order valence-corrected chi connectivity index (χ2v) is 7.15. The van der Waals surface area contributed by atoms with E-state index in [1.165, 1.54) is 5.56 Å². The van der Waals surface area contributed by atoms with Crippen molar-refractivity contribution in [1.82, 2.24) is 5.32 Å². The fourth-order valence-corrected chi connectivity index (χ4v) is 3.30. The lowest BCUT2D eigenvalue weighted by molar-refractivity contribution is 0.141. The van der Waals surface area contributed by atoms with E-state index in [4.69, 9.17) is 9.47 Å². The maximum absolute atomic E-state index is 12.4. The zero-order chi connectivity index (χ0) is 17.8. The molecule has 2 amide bonds. The van der Waals surface area contributed by atoms with Gasteiger partial charge in [0.2, 0.25) is 0 Å². The zero-order valence-electron chi connectivity index (χ0n) is 14.7. The van der Waals surface area contributed by atoms with Gasteiger partial charge in [-0.3, -0.25) is 0 Å². The topological polar surface area (TPSA) is 59.6 Å². The summed E-state index contributed by atoms with van der Waals surface area (Å²) in [4.78, 5) is 12.4. The van der Waals surface area contributed by atoms with Crippen molar-refractivity contribution in [3.05, 3.63) is 60.2 Å². The highest BCUT2D eigenvalue weighted by molar-refractivity contribution is 5.90. The fraction of sp³-hybridized carbons (Fsp3) is 0.381. The van der Waals surface area contributed by atoms with Gasteiger partial charge in [0, 0.05) is 17.6 Å². The maximum Gasteiger partial charge on any atom is 0.319 e. The number of hydrogen-bond donors (Lipinski definition) is 2. The molecule has 1 heterocycles. The summed E-state index contributed by atoms with van der Waals surface area (Å²) in [5, 5.41) is 6.05. The van der Waals surface area contributed by atoms with Gasteiger partial charge >= 0.3 is 6.03 Å². The molecular formula is C21H24N2O3. The van der Waals surface area contributed by atoms with Crippen molar-refractivity contribution in [3.63, 3.8) is 0 Å². The Balaban J connectivity index is 1.29. The smallest absolute Gasteiger partial charge is 0.319 e. The largest absolute Gasteiger partial charge is 0.488 e. The molecule has 2 aromatic carbocycles. The van der Waals surface area contributed by atoms with Crippen molar-refractivity contribution in [2.75, 3.05) is 18.5 Å². The first-order valence-electron chi connectivity index (χ1n) is 9.18. The van der Waals surface area contributed by atoms with E-state index in [1.807, 2.05) is 42.5 Å². The van der Waals surface area contributed by atoms with Gasteiger partial charge in [-0.25, -0.2) is 4.79 Å². The summed E-state index contributed by atoms with van der Waals surface area (Å²) in [7, 11) is 0. The predicted octanol–water partition coefficient (Wildman–Crippen LogP) is 3.75. The second kappa shape index (κ2) is 7.38. The molecule has 2 N–H and O–H groups in total. The number of amides is 2. The van der Waals surface area contributed by atoms with Crippen molar-refractivity contribution in [2.24, 2.45) is 0 Å². The van der Waals surface area contributed by atoms with Gasteiger partial charge in [0.05, 0.1) is 13.2 Å². The molecule has 0 aromatic heterocycles. The van der Waals surface area contributed by atoms with Crippen LogP contribution >= 0.6 is 0 Å². The Morgan fingerprint density at radius 1 is 1.12 bits per heavy atom. The number of benzene rings is 2. The minimum atomic E-state index is -0.156. The molecule has 1 aliphatic heterocycles. The van der Waals surface area contributed by atoms with Crippen LogP contribution in [0.5, 0.6) is 5.75 Å². The predicted molar refractivity (Wildman–Crippen MR) is 101 cm³/mol. The lowest BCUT2D eigenvalue weighted by Gasteiger charge is -2.18. The van der Waals surface area contributed by atoms with Crippen molar-refractivity contribution >= 4 is 11.7 Å². The second-order valence-electron chi connectivity index (χ2n) is 7.15. The molecule has 1 saturated heterocycles. The van der Waals surface area contributed by atoms with Gasteiger partial charge < -0.3 is 20.1 Å². The highest BCUT2D eigenvalue weighted by Gasteiger charge is 2.43. The standard InChI is InChI=1S/C21H24N2O3/c24-20(23-21(11-12-21)14-16-4-2-1-3-5-16)22-17-6-8-18(9-7-17)26-19-10-13-25-15-19/h1-9,19H,10-15H2,(H2,22,23,24). The van der Waals surface area contributed by atoms with Crippen molar-refractivity contribution in [1.29, 1.82) is 0 Å². The van der Waals surface area contributed by atoms with E-state index in [9.17, 15) is 4.79 Å². The van der Waals surface area contributed by atoms with Crippen LogP contribution in [0.2, 0.25) is 0 Å². The number of rotatable bonds is 6. The van der Waals surface area contributed by atoms with E-state index >= 15 is 0 Å². The third-order valence-electron chi connectivity index (χ3n) is 4.92. The number of urea groups is 1. The first kappa shape index (κ1) is 16.9. The van der Waals surface area contributed by atoms with E-state index in [0.717, 1.165) is 43.7 Å². The summed E-state index contributed by atoms with van der Waals surface area (Å²) in [6, 6.07) is 17.6. The van der Waals surface area contributed by atoms with Crippen LogP contribution in [0.15, 0.2) is 54.6 Å². The third kappa shape index (κ3) is 4.35. The summed E-state index contributed by atoms with van der Waals surface area (Å²) in [5.74, 6) is 0.800. The minimum Gasteiger partial charge on any atom is -0.488 e. The monoisotopic (exact) mass is 352 g/mol. The lowest BCUT2D eigenvalue weighted by Crippen LogP contribution is -2.41. The quantitative estimate of drug-likeness (QED) is 0.832. The van der Waals surface area contributed by atoms with Crippen LogP contribution in [0.25, 0.3) is 0 Å². The minimum absolute atomic E-state index is 0.100. The van der Waals surface area contributed by atoms with Crippen LogP contribution in [0.1, 0.15) is 24.8 Å². The molecule has 5 nitrogen and oxygen atoms in total. The lowest BCUT2D eigenvalue weighted by atomic mass is 10.0. The number of anilines is 1. The Morgan fingerprint density at radius 2 is 1.88 bits per heavy atom. The van der Waals surface area contributed by atoms with Crippen LogP contribution in [0.3, 0.4) is 0 Å². The Morgan fingerprint density at radius 3 is 2.54 bits per heavy atom. The van der Waals surface area contributed by atoms with Gasteiger partial charge in [-0.2, -0.15) is 0 Å². The van der Waals surface area contributed by atoms with Gasteiger partial charge in [-0.15, -0.1) is 0 Å². The number of carbonyl (C=O) groups is 1. The molecule has 1 unspecified atom stereocenters.